The summed E-state index contributed by atoms with van der Waals surface area (Å²) in [5, 5.41) is 8.09. The minimum atomic E-state index is -4.26. The van der Waals surface area contributed by atoms with E-state index >= 15 is 0 Å². The second-order valence-electron chi connectivity index (χ2n) is 9.05. The minimum absolute atomic E-state index is 0.123. The summed E-state index contributed by atoms with van der Waals surface area (Å²) in [6.45, 7) is 1.62. The van der Waals surface area contributed by atoms with Crippen LogP contribution in [0.15, 0.2) is 48.2 Å². The number of nitrogens with one attached hydrogen (secondary N) is 1. The number of aromatic amines is 1. The molecular formula is C26H26F3N3O. The number of aromatic nitrogens is 2. The molecule has 2 heterocycles. The van der Waals surface area contributed by atoms with E-state index in [0.29, 0.717) is 24.0 Å². The van der Waals surface area contributed by atoms with Gasteiger partial charge in [-0.2, -0.15) is 18.3 Å². The van der Waals surface area contributed by atoms with Crippen LogP contribution in [0.1, 0.15) is 48.8 Å². The standard InChI is InChI=1S/C26H26F3N3O/c27-26(28,29)14-19-2-1-3-21-22(8-9-24-23(21)15-30-31-24)25(19)18-4-6-20(7-5-18)32-12-10-17(16-33)11-13-32/h4-9,15-17H,1-3,10-14H2,(H,30,31). The van der Waals surface area contributed by atoms with Crippen molar-refractivity contribution in [2.24, 2.45) is 5.92 Å². The van der Waals surface area contributed by atoms with Gasteiger partial charge in [-0.1, -0.05) is 23.8 Å². The summed E-state index contributed by atoms with van der Waals surface area (Å²) in [7, 11) is 0. The molecule has 1 fully saturated rings. The summed E-state index contributed by atoms with van der Waals surface area (Å²) in [6, 6.07) is 11.7. The van der Waals surface area contributed by atoms with E-state index < -0.39 is 12.6 Å². The lowest BCUT2D eigenvalue weighted by Gasteiger charge is -2.31. The van der Waals surface area contributed by atoms with E-state index in [2.05, 4.69) is 15.1 Å². The fraction of sp³-hybridized carbons (Fsp3) is 0.385. The third kappa shape index (κ3) is 4.41. The van der Waals surface area contributed by atoms with Crippen molar-refractivity contribution < 1.29 is 18.0 Å². The van der Waals surface area contributed by atoms with Crippen molar-refractivity contribution in [3.63, 3.8) is 0 Å². The van der Waals surface area contributed by atoms with Gasteiger partial charge in [0.2, 0.25) is 0 Å². The zero-order valence-electron chi connectivity index (χ0n) is 18.3. The van der Waals surface area contributed by atoms with Crippen molar-refractivity contribution in [2.75, 3.05) is 18.0 Å². The molecule has 4 nitrogen and oxygen atoms in total. The van der Waals surface area contributed by atoms with Gasteiger partial charge in [0.05, 0.1) is 18.1 Å². The first kappa shape index (κ1) is 21.7. The molecule has 2 aliphatic rings. The third-order valence-electron chi connectivity index (χ3n) is 6.93. The van der Waals surface area contributed by atoms with Crippen LogP contribution in [-0.2, 0) is 11.2 Å². The number of fused-ring (bicyclic) bond motifs is 3. The molecule has 0 spiro atoms. The number of aryl methyl sites for hydroxylation is 1. The molecule has 1 aromatic heterocycles. The fourth-order valence-corrected chi connectivity index (χ4v) is 5.28. The van der Waals surface area contributed by atoms with Crippen molar-refractivity contribution in [1.29, 1.82) is 0 Å². The number of carbonyl (C=O) groups is 1. The van der Waals surface area contributed by atoms with Crippen molar-refractivity contribution in [3.8, 4) is 0 Å². The molecule has 0 atom stereocenters. The molecule has 3 aromatic rings. The van der Waals surface area contributed by atoms with E-state index in [9.17, 15) is 18.0 Å². The summed E-state index contributed by atoms with van der Waals surface area (Å²) in [6.07, 6.45) is 1.14. The number of aldehydes is 1. The van der Waals surface area contributed by atoms with Crippen LogP contribution in [-0.4, -0.2) is 35.7 Å². The number of allylic oxidation sites excluding steroid dienone is 1. The molecule has 0 radical (unpaired) electrons. The first-order valence-corrected chi connectivity index (χ1v) is 11.5. The molecule has 0 saturated carbocycles. The van der Waals surface area contributed by atoms with Gasteiger partial charge in [0.1, 0.15) is 6.29 Å². The van der Waals surface area contributed by atoms with Crippen LogP contribution in [0.2, 0.25) is 0 Å². The Bertz CT molecular complexity index is 1190. The zero-order chi connectivity index (χ0) is 23.0. The van der Waals surface area contributed by atoms with Gasteiger partial charge in [-0.3, -0.25) is 5.10 Å². The predicted molar refractivity (Wildman–Crippen MR) is 123 cm³/mol. The molecule has 2 aromatic carbocycles. The van der Waals surface area contributed by atoms with Crippen LogP contribution in [0.3, 0.4) is 0 Å². The van der Waals surface area contributed by atoms with Crippen molar-refractivity contribution in [2.45, 2.75) is 44.7 Å². The van der Waals surface area contributed by atoms with Crippen LogP contribution in [0, 0.1) is 5.92 Å². The van der Waals surface area contributed by atoms with E-state index in [1.165, 1.54) is 0 Å². The van der Waals surface area contributed by atoms with Gasteiger partial charge in [0.25, 0.3) is 0 Å². The maximum Gasteiger partial charge on any atom is 0.392 e. The predicted octanol–water partition coefficient (Wildman–Crippen LogP) is 6.07. The van der Waals surface area contributed by atoms with Gasteiger partial charge in [-0.15, -0.1) is 0 Å². The van der Waals surface area contributed by atoms with E-state index in [1.807, 2.05) is 36.4 Å². The number of carbonyl (C=O) groups excluding carboxylic acids is 1. The number of H-pyrrole nitrogens is 1. The molecular weight excluding hydrogens is 427 g/mol. The van der Waals surface area contributed by atoms with Gasteiger partial charge in [-0.25, -0.2) is 0 Å². The van der Waals surface area contributed by atoms with Crippen LogP contribution < -0.4 is 4.90 Å². The highest BCUT2D eigenvalue weighted by Crippen LogP contribution is 2.42. The molecule has 0 bridgehead atoms. The summed E-state index contributed by atoms with van der Waals surface area (Å²) < 4.78 is 40.6. The maximum absolute atomic E-state index is 13.5. The van der Waals surface area contributed by atoms with Crippen molar-refractivity contribution in [3.05, 3.63) is 64.9 Å². The molecule has 5 rings (SSSR count). The SMILES string of the molecule is O=CC1CCN(c2ccc(C3=C(CC(F)(F)F)CCCc4c3ccc3[nH]ncc43)cc2)CC1. The van der Waals surface area contributed by atoms with E-state index in [-0.39, 0.29) is 5.92 Å². The number of halogens is 3. The summed E-state index contributed by atoms with van der Waals surface area (Å²) in [4.78, 5) is 13.3. The Morgan fingerprint density at radius 1 is 1.06 bits per heavy atom. The Labute approximate surface area is 190 Å². The maximum atomic E-state index is 13.5. The van der Waals surface area contributed by atoms with Crippen molar-refractivity contribution in [1.82, 2.24) is 10.2 Å². The second kappa shape index (κ2) is 8.69. The van der Waals surface area contributed by atoms with Crippen molar-refractivity contribution >= 4 is 28.4 Å². The summed E-state index contributed by atoms with van der Waals surface area (Å²) in [5.74, 6) is 0.123. The monoisotopic (exact) mass is 453 g/mol. The molecule has 172 valence electrons. The largest absolute Gasteiger partial charge is 0.392 e. The van der Waals surface area contributed by atoms with Gasteiger partial charge >= 0.3 is 6.18 Å². The highest BCUT2D eigenvalue weighted by molar-refractivity contribution is 5.93. The smallest absolute Gasteiger partial charge is 0.371 e. The summed E-state index contributed by atoms with van der Waals surface area (Å²) >= 11 is 0. The number of hydrogen-bond acceptors (Lipinski definition) is 3. The Kier molecular flexibility index (Phi) is 5.72. The lowest BCUT2D eigenvalue weighted by molar-refractivity contribution is -0.127. The first-order chi connectivity index (χ1) is 15.9. The lowest BCUT2D eigenvalue weighted by atomic mass is 9.88. The second-order valence-corrected chi connectivity index (χ2v) is 9.05. The number of piperidine rings is 1. The Balaban J connectivity index is 1.56. The molecule has 1 N–H and O–H groups in total. The van der Waals surface area contributed by atoms with E-state index in [0.717, 1.165) is 71.9 Å². The Morgan fingerprint density at radius 3 is 2.52 bits per heavy atom. The quantitative estimate of drug-likeness (QED) is 0.488. The Hall–Kier alpha value is -3.09. The number of alkyl halides is 3. The number of nitrogens with zero attached hydrogens (tertiary/aromatic N) is 2. The number of benzene rings is 2. The van der Waals surface area contributed by atoms with Gasteiger partial charge in [0, 0.05) is 30.1 Å². The van der Waals surface area contributed by atoms with Gasteiger partial charge in [-0.05, 0) is 72.6 Å². The average molecular weight is 454 g/mol. The molecule has 7 heteroatoms. The molecule has 33 heavy (non-hydrogen) atoms. The molecule has 0 amide bonds. The molecule has 1 aliphatic carbocycles. The minimum Gasteiger partial charge on any atom is -0.371 e. The molecule has 0 unspecified atom stereocenters. The Morgan fingerprint density at radius 2 is 1.82 bits per heavy atom. The number of anilines is 1. The van der Waals surface area contributed by atoms with Crippen LogP contribution in [0.4, 0.5) is 18.9 Å². The third-order valence-corrected chi connectivity index (χ3v) is 6.93. The number of rotatable bonds is 4. The lowest BCUT2D eigenvalue weighted by Crippen LogP contribution is -2.34. The molecule has 1 saturated heterocycles. The number of hydrogen-bond donors (Lipinski definition) is 1. The van der Waals surface area contributed by atoms with Gasteiger partial charge in [0.15, 0.2) is 0 Å². The van der Waals surface area contributed by atoms with E-state index in [1.54, 1.807) is 6.20 Å². The first-order valence-electron chi connectivity index (χ1n) is 11.5. The van der Waals surface area contributed by atoms with Crippen LogP contribution >= 0.6 is 0 Å². The normalized spacial score (nSPS) is 17.8. The average Bonchev–Trinajstić information content (AvgIpc) is 3.22. The zero-order valence-corrected chi connectivity index (χ0v) is 18.3. The summed E-state index contributed by atoms with van der Waals surface area (Å²) in [5.41, 5.74) is 5.85. The molecule has 1 aliphatic heterocycles. The van der Waals surface area contributed by atoms with Gasteiger partial charge < -0.3 is 9.69 Å². The fourth-order valence-electron chi connectivity index (χ4n) is 5.28. The highest BCUT2D eigenvalue weighted by atomic mass is 19.4. The van der Waals surface area contributed by atoms with E-state index in [4.69, 9.17) is 0 Å². The van der Waals surface area contributed by atoms with Crippen LogP contribution in [0.5, 0.6) is 0 Å². The highest BCUT2D eigenvalue weighted by Gasteiger charge is 2.32. The topological polar surface area (TPSA) is 49.0 Å². The van der Waals surface area contributed by atoms with Crippen LogP contribution in [0.25, 0.3) is 16.5 Å².